The zero-order chi connectivity index (χ0) is 16.8. The van der Waals surface area contributed by atoms with Gasteiger partial charge in [-0.2, -0.15) is 4.98 Å². The number of nitro groups is 1. The molecule has 9 heteroatoms. The number of hydrogen-bond acceptors (Lipinski definition) is 7. The van der Waals surface area contributed by atoms with Gasteiger partial charge in [0.15, 0.2) is 10.5 Å². The van der Waals surface area contributed by atoms with E-state index in [0.29, 0.717) is 13.1 Å². The van der Waals surface area contributed by atoms with Crippen molar-refractivity contribution >= 4 is 38.8 Å². The Kier molecular flexibility index (Phi) is 5.90. The van der Waals surface area contributed by atoms with Crippen LogP contribution in [0.1, 0.15) is 11.8 Å². The molecule has 2 aromatic rings. The summed E-state index contributed by atoms with van der Waals surface area (Å²) < 4.78 is 6.03. The third-order valence-corrected chi connectivity index (χ3v) is 4.34. The molecule has 23 heavy (non-hydrogen) atoms. The van der Waals surface area contributed by atoms with E-state index in [-0.39, 0.29) is 24.0 Å². The highest BCUT2D eigenvalue weighted by atomic mass is 79.9. The summed E-state index contributed by atoms with van der Waals surface area (Å²) in [6.07, 6.45) is 6.88. The van der Waals surface area contributed by atoms with E-state index in [1.54, 1.807) is 11.1 Å². The molecule has 0 aliphatic rings. The number of halogens is 1. The maximum Gasteiger partial charge on any atom is 0.311 e. The second kappa shape index (κ2) is 7.89. The monoisotopic (exact) mass is 396 g/mol. The summed E-state index contributed by atoms with van der Waals surface area (Å²) in [4.78, 5) is 21.9. The highest BCUT2D eigenvalue weighted by Gasteiger charge is 2.22. The number of nitrogens with zero attached hydrogens (tertiary/aromatic N) is 4. The standard InChI is InChI=1S/C14H13BrN4O3S/c1-3-7-22-12-6-5-11(19(20)21)13(17-12)18(4-2)9-10-8-16-14(15)23-10/h1,5-6,8H,4,7,9H2,2H3. The lowest BCUT2D eigenvalue weighted by atomic mass is 10.3. The van der Waals surface area contributed by atoms with Gasteiger partial charge in [-0.15, -0.1) is 17.8 Å². The lowest BCUT2D eigenvalue weighted by Crippen LogP contribution is -2.23. The molecule has 0 atom stereocenters. The third kappa shape index (κ3) is 4.40. The van der Waals surface area contributed by atoms with E-state index < -0.39 is 4.92 Å². The number of terminal acetylenes is 1. The predicted octanol–water partition coefficient (Wildman–Crippen LogP) is 3.25. The summed E-state index contributed by atoms with van der Waals surface area (Å²) in [5.41, 5.74) is -0.0801. The van der Waals surface area contributed by atoms with E-state index in [0.717, 1.165) is 8.79 Å². The number of ether oxygens (including phenoxy) is 1. The van der Waals surface area contributed by atoms with Crippen molar-refractivity contribution in [2.45, 2.75) is 13.5 Å². The Morgan fingerprint density at radius 1 is 1.57 bits per heavy atom. The van der Waals surface area contributed by atoms with E-state index in [1.807, 2.05) is 6.92 Å². The molecule has 2 rings (SSSR count). The van der Waals surface area contributed by atoms with Crippen molar-refractivity contribution in [3.8, 4) is 18.2 Å². The van der Waals surface area contributed by atoms with Crippen LogP contribution in [-0.2, 0) is 6.54 Å². The number of thiazole rings is 1. The van der Waals surface area contributed by atoms with Gasteiger partial charge in [0, 0.05) is 29.8 Å². The van der Waals surface area contributed by atoms with Crippen LogP contribution in [0.5, 0.6) is 5.88 Å². The van der Waals surface area contributed by atoms with Crippen LogP contribution in [0.2, 0.25) is 0 Å². The molecule has 0 bridgehead atoms. The minimum Gasteiger partial charge on any atom is -0.464 e. The van der Waals surface area contributed by atoms with Crippen molar-refractivity contribution in [2.24, 2.45) is 0 Å². The van der Waals surface area contributed by atoms with Gasteiger partial charge in [0.25, 0.3) is 0 Å². The number of anilines is 1. The Labute approximate surface area is 145 Å². The predicted molar refractivity (Wildman–Crippen MR) is 91.8 cm³/mol. The van der Waals surface area contributed by atoms with Gasteiger partial charge in [-0.1, -0.05) is 5.92 Å². The number of rotatable bonds is 7. The van der Waals surface area contributed by atoms with E-state index in [9.17, 15) is 10.1 Å². The molecule has 0 radical (unpaired) electrons. The number of aromatic nitrogens is 2. The van der Waals surface area contributed by atoms with Gasteiger partial charge in [-0.05, 0) is 22.9 Å². The SMILES string of the molecule is C#CCOc1ccc([N+](=O)[O-])c(N(CC)Cc2cnc(Br)s2)n1. The molecule has 2 aromatic heterocycles. The van der Waals surface area contributed by atoms with E-state index >= 15 is 0 Å². The molecule has 0 amide bonds. The third-order valence-electron chi connectivity index (χ3n) is 2.88. The van der Waals surface area contributed by atoms with Crippen LogP contribution in [-0.4, -0.2) is 28.0 Å². The topological polar surface area (TPSA) is 81.4 Å². The maximum atomic E-state index is 11.3. The molecule has 0 aliphatic heterocycles. The number of pyridine rings is 1. The average Bonchev–Trinajstić information content (AvgIpc) is 2.95. The summed E-state index contributed by atoms with van der Waals surface area (Å²) in [5, 5.41) is 11.3. The Morgan fingerprint density at radius 2 is 2.35 bits per heavy atom. The van der Waals surface area contributed by atoms with Crippen LogP contribution in [0.15, 0.2) is 22.2 Å². The summed E-state index contributed by atoms with van der Waals surface area (Å²) >= 11 is 4.77. The molecule has 0 N–H and O–H groups in total. The Hall–Kier alpha value is -2.18. The zero-order valence-electron chi connectivity index (χ0n) is 12.2. The first-order valence-corrected chi connectivity index (χ1v) is 8.23. The fourth-order valence-corrected chi connectivity index (χ4v) is 3.25. The van der Waals surface area contributed by atoms with Crippen molar-refractivity contribution in [3.63, 3.8) is 0 Å². The van der Waals surface area contributed by atoms with Gasteiger partial charge in [-0.3, -0.25) is 10.1 Å². The van der Waals surface area contributed by atoms with Gasteiger partial charge in [-0.25, -0.2) is 4.98 Å². The van der Waals surface area contributed by atoms with E-state index in [2.05, 4.69) is 31.8 Å². The maximum absolute atomic E-state index is 11.3. The van der Waals surface area contributed by atoms with Gasteiger partial charge in [0.1, 0.15) is 0 Å². The summed E-state index contributed by atoms with van der Waals surface area (Å²) in [6.45, 7) is 2.96. The average molecular weight is 397 g/mol. The smallest absolute Gasteiger partial charge is 0.311 e. The number of hydrogen-bond donors (Lipinski definition) is 0. The molecule has 0 aliphatic carbocycles. The van der Waals surface area contributed by atoms with Crippen LogP contribution >= 0.6 is 27.3 Å². The fraction of sp³-hybridized carbons (Fsp3) is 0.286. The van der Waals surface area contributed by atoms with Crippen LogP contribution in [0.4, 0.5) is 11.5 Å². The molecule has 2 heterocycles. The normalized spacial score (nSPS) is 10.1. The highest BCUT2D eigenvalue weighted by Crippen LogP contribution is 2.30. The molecular weight excluding hydrogens is 384 g/mol. The van der Waals surface area contributed by atoms with E-state index in [4.69, 9.17) is 11.2 Å². The van der Waals surface area contributed by atoms with E-state index in [1.165, 1.54) is 23.5 Å². The van der Waals surface area contributed by atoms with Gasteiger partial charge >= 0.3 is 5.69 Å². The Bertz CT molecular complexity index is 744. The highest BCUT2D eigenvalue weighted by molar-refractivity contribution is 9.11. The molecule has 0 saturated carbocycles. The Balaban J connectivity index is 2.35. The summed E-state index contributed by atoms with van der Waals surface area (Å²) in [5.74, 6) is 2.84. The van der Waals surface area contributed by atoms with Gasteiger partial charge in [0.2, 0.25) is 11.7 Å². The molecule has 0 aromatic carbocycles. The molecule has 0 fully saturated rings. The minimum atomic E-state index is -0.460. The summed E-state index contributed by atoms with van der Waals surface area (Å²) in [7, 11) is 0. The quantitative estimate of drug-likeness (QED) is 0.405. The van der Waals surface area contributed by atoms with Crippen molar-refractivity contribution in [3.05, 3.63) is 37.2 Å². The van der Waals surface area contributed by atoms with Crippen molar-refractivity contribution in [2.75, 3.05) is 18.1 Å². The zero-order valence-corrected chi connectivity index (χ0v) is 14.6. The molecule has 120 valence electrons. The second-order valence-corrected chi connectivity index (χ2v) is 6.73. The van der Waals surface area contributed by atoms with Crippen LogP contribution in [0.3, 0.4) is 0 Å². The fourth-order valence-electron chi connectivity index (χ4n) is 1.88. The molecule has 0 spiro atoms. The largest absolute Gasteiger partial charge is 0.464 e. The first-order chi connectivity index (χ1) is 11.0. The van der Waals surface area contributed by atoms with Crippen molar-refractivity contribution in [1.29, 1.82) is 0 Å². The minimum absolute atomic E-state index is 0.0537. The molecule has 7 nitrogen and oxygen atoms in total. The summed E-state index contributed by atoms with van der Waals surface area (Å²) in [6, 6.07) is 2.82. The molecule has 0 saturated heterocycles. The lowest BCUT2D eigenvalue weighted by Gasteiger charge is -2.21. The van der Waals surface area contributed by atoms with Crippen LogP contribution in [0.25, 0.3) is 0 Å². The lowest BCUT2D eigenvalue weighted by molar-refractivity contribution is -0.384. The molecule has 0 unspecified atom stereocenters. The Morgan fingerprint density at radius 3 is 2.91 bits per heavy atom. The first kappa shape index (κ1) is 17.2. The van der Waals surface area contributed by atoms with Crippen LogP contribution < -0.4 is 9.64 Å². The van der Waals surface area contributed by atoms with Crippen LogP contribution in [0, 0.1) is 22.5 Å². The first-order valence-electron chi connectivity index (χ1n) is 6.62. The van der Waals surface area contributed by atoms with Gasteiger partial charge < -0.3 is 9.64 Å². The second-order valence-electron chi connectivity index (χ2n) is 4.34. The van der Waals surface area contributed by atoms with Crippen molar-refractivity contribution < 1.29 is 9.66 Å². The molecular formula is C14H13BrN4O3S. The van der Waals surface area contributed by atoms with Gasteiger partial charge in [0.05, 0.1) is 11.5 Å². The van der Waals surface area contributed by atoms with Crippen molar-refractivity contribution in [1.82, 2.24) is 9.97 Å².